The average molecular weight is 411 g/mol. The van der Waals surface area contributed by atoms with Crippen LogP contribution >= 0.6 is 12.6 Å². The molecule has 7 nitrogen and oxygen atoms in total. The van der Waals surface area contributed by atoms with Crippen molar-refractivity contribution < 1.29 is 24.6 Å². The number of aromatic hydroxyl groups is 1. The summed E-state index contributed by atoms with van der Waals surface area (Å²) in [6.45, 7) is 7.42. The zero-order chi connectivity index (χ0) is 21.4. The molecule has 1 aromatic carbocycles. The van der Waals surface area contributed by atoms with Crippen molar-refractivity contribution in [3.8, 4) is 5.75 Å². The van der Waals surface area contributed by atoms with Crippen LogP contribution < -0.4 is 10.6 Å². The number of carboxylic acid groups (broad SMARTS) is 1. The van der Waals surface area contributed by atoms with E-state index in [4.69, 9.17) is 0 Å². The predicted octanol–water partition coefficient (Wildman–Crippen LogP) is 1.99. The highest BCUT2D eigenvalue weighted by Crippen LogP contribution is 2.14. The maximum Gasteiger partial charge on any atom is 0.326 e. The zero-order valence-electron chi connectivity index (χ0n) is 16.7. The summed E-state index contributed by atoms with van der Waals surface area (Å²) in [5.74, 6) is -2.19. The van der Waals surface area contributed by atoms with Crippen molar-refractivity contribution >= 4 is 30.4 Å². The molecule has 0 saturated heterocycles. The van der Waals surface area contributed by atoms with Crippen molar-refractivity contribution in [3.05, 3.63) is 29.8 Å². The van der Waals surface area contributed by atoms with E-state index in [1.165, 1.54) is 12.1 Å². The van der Waals surface area contributed by atoms with E-state index in [0.29, 0.717) is 12.0 Å². The van der Waals surface area contributed by atoms with Crippen LogP contribution in [0.2, 0.25) is 0 Å². The first-order valence-electron chi connectivity index (χ1n) is 9.36. The predicted molar refractivity (Wildman–Crippen MR) is 110 cm³/mol. The van der Waals surface area contributed by atoms with E-state index in [1.807, 2.05) is 27.7 Å². The number of phenols is 1. The molecule has 0 spiro atoms. The fourth-order valence-corrected chi connectivity index (χ4v) is 2.65. The highest BCUT2D eigenvalue weighted by atomic mass is 32.1. The third-order valence-electron chi connectivity index (χ3n) is 4.68. The molecule has 4 N–H and O–H groups in total. The van der Waals surface area contributed by atoms with Crippen LogP contribution in [-0.4, -0.2) is 45.3 Å². The number of hydrogen-bond acceptors (Lipinski definition) is 5. The van der Waals surface area contributed by atoms with Crippen LogP contribution in [0.5, 0.6) is 5.75 Å². The van der Waals surface area contributed by atoms with E-state index in [9.17, 15) is 24.6 Å². The number of nitrogens with one attached hydrogen (secondary N) is 2. The highest BCUT2D eigenvalue weighted by molar-refractivity contribution is 7.81. The lowest BCUT2D eigenvalue weighted by Crippen LogP contribution is -2.56. The Balaban J connectivity index is 2.91. The first kappa shape index (κ1) is 23.8. The van der Waals surface area contributed by atoms with E-state index in [0.717, 1.165) is 0 Å². The molecule has 0 heterocycles. The van der Waals surface area contributed by atoms with Gasteiger partial charge in [0.05, 0.1) is 5.25 Å². The van der Waals surface area contributed by atoms with Crippen LogP contribution in [0.4, 0.5) is 0 Å². The molecule has 0 aliphatic rings. The summed E-state index contributed by atoms with van der Waals surface area (Å²) >= 11 is 4.28. The van der Waals surface area contributed by atoms with Crippen LogP contribution in [0.3, 0.4) is 0 Å². The lowest BCUT2D eigenvalue weighted by molar-refractivity contribution is -0.142. The Labute approximate surface area is 171 Å². The molecule has 0 aliphatic heterocycles. The van der Waals surface area contributed by atoms with E-state index < -0.39 is 29.2 Å². The quantitative estimate of drug-likeness (QED) is 0.378. The van der Waals surface area contributed by atoms with E-state index in [2.05, 4.69) is 23.3 Å². The fraction of sp³-hybridized carbons (Fsp3) is 0.550. The van der Waals surface area contributed by atoms with Crippen molar-refractivity contribution in [2.45, 2.75) is 57.9 Å². The summed E-state index contributed by atoms with van der Waals surface area (Å²) in [5.41, 5.74) is 0.657. The van der Waals surface area contributed by atoms with Crippen molar-refractivity contribution in [2.75, 3.05) is 0 Å². The van der Waals surface area contributed by atoms with Gasteiger partial charge in [0.1, 0.15) is 17.8 Å². The Bertz CT molecular complexity index is 678. The molecule has 8 heteroatoms. The topological polar surface area (TPSA) is 116 Å². The second kappa shape index (κ2) is 10.9. The van der Waals surface area contributed by atoms with Crippen molar-refractivity contribution in [2.24, 2.45) is 11.8 Å². The van der Waals surface area contributed by atoms with Gasteiger partial charge in [0.25, 0.3) is 0 Å². The molecule has 4 atom stereocenters. The number of benzene rings is 1. The molecular formula is C20H30N2O5S. The van der Waals surface area contributed by atoms with E-state index >= 15 is 0 Å². The van der Waals surface area contributed by atoms with Crippen LogP contribution in [0.15, 0.2) is 24.3 Å². The SMILES string of the molecule is CC[C@H](C)[C@H](NC(=O)C(S)C(C)C)C(=O)N[C@@H](Cc1ccc(O)cc1)C(=O)O. The molecule has 156 valence electrons. The maximum absolute atomic E-state index is 12.8. The second-order valence-electron chi connectivity index (χ2n) is 7.33. The van der Waals surface area contributed by atoms with Gasteiger partial charge in [-0.2, -0.15) is 12.6 Å². The summed E-state index contributed by atoms with van der Waals surface area (Å²) in [7, 11) is 0. The maximum atomic E-state index is 12.8. The van der Waals surface area contributed by atoms with Crippen LogP contribution in [-0.2, 0) is 20.8 Å². The Kier molecular flexibility index (Phi) is 9.31. The Morgan fingerprint density at radius 2 is 1.61 bits per heavy atom. The number of phenolic OH excluding ortho intramolecular Hbond substituents is 1. The highest BCUT2D eigenvalue weighted by Gasteiger charge is 2.31. The number of carbonyl (C=O) groups is 3. The van der Waals surface area contributed by atoms with Gasteiger partial charge in [0.15, 0.2) is 0 Å². The normalized spacial score (nSPS) is 15.4. The first-order chi connectivity index (χ1) is 13.1. The van der Waals surface area contributed by atoms with Crippen molar-refractivity contribution in [1.29, 1.82) is 0 Å². The molecule has 1 aromatic rings. The molecular weight excluding hydrogens is 380 g/mol. The standard InChI is InChI=1S/C20H30N2O5S/c1-5-12(4)16(22-19(25)17(28)11(2)3)18(24)21-15(20(26)27)10-13-6-8-14(23)9-7-13/h6-9,11-12,15-17,23,28H,5,10H2,1-4H3,(H,21,24)(H,22,25)(H,26,27)/t12-,15-,16-,17?/m0/s1. The summed E-state index contributed by atoms with van der Waals surface area (Å²) in [6, 6.07) is 4.09. The largest absolute Gasteiger partial charge is 0.508 e. The number of thiol groups is 1. The minimum Gasteiger partial charge on any atom is -0.508 e. The molecule has 0 fully saturated rings. The number of aliphatic carboxylic acids is 1. The zero-order valence-corrected chi connectivity index (χ0v) is 17.6. The summed E-state index contributed by atoms with van der Waals surface area (Å²) < 4.78 is 0. The second-order valence-corrected chi connectivity index (χ2v) is 7.89. The van der Waals surface area contributed by atoms with Gasteiger partial charge in [0.2, 0.25) is 11.8 Å². The molecule has 0 saturated carbocycles. The average Bonchev–Trinajstić information content (AvgIpc) is 2.65. The Morgan fingerprint density at radius 3 is 2.07 bits per heavy atom. The summed E-state index contributed by atoms with van der Waals surface area (Å²) in [6.07, 6.45) is 0.691. The Morgan fingerprint density at radius 1 is 1.04 bits per heavy atom. The molecule has 1 rings (SSSR count). The molecule has 0 aliphatic carbocycles. The van der Waals surface area contributed by atoms with Gasteiger partial charge >= 0.3 is 5.97 Å². The van der Waals surface area contributed by atoms with Gasteiger partial charge in [-0.1, -0.05) is 46.2 Å². The smallest absolute Gasteiger partial charge is 0.326 e. The third-order valence-corrected chi connectivity index (χ3v) is 5.51. The molecule has 0 aromatic heterocycles. The number of carboxylic acids is 1. The lowest BCUT2D eigenvalue weighted by atomic mass is 9.96. The van der Waals surface area contributed by atoms with Gasteiger partial charge in [-0.15, -0.1) is 0 Å². The monoisotopic (exact) mass is 410 g/mol. The van der Waals surface area contributed by atoms with Gasteiger partial charge < -0.3 is 20.8 Å². The number of rotatable bonds is 10. The molecule has 28 heavy (non-hydrogen) atoms. The van der Waals surface area contributed by atoms with Crippen LogP contribution in [0, 0.1) is 11.8 Å². The van der Waals surface area contributed by atoms with Gasteiger partial charge in [-0.05, 0) is 29.5 Å². The number of hydrogen-bond donors (Lipinski definition) is 5. The first-order valence-corrected chi connectivity index (χ1v) is 9.87. The summed E-state index contributed by atoms with van der Waals surface area (Å²) in [5, 5.41) is 23.5. The molecule has 0 bridgehead atoms. The van der Waals surface area contributed by atoms with Crippen LogP contribution in [0.25, 0.3) is 0 Å². The minimum absolute atomic E-state index is 0.00904. The summed E-state index contributed by atoms with van der Waals surface area (Å²) in [4.78, 5) is 36.8. The van der Waals surface area contributed by atoms with Gasteiger partial charge in [0, 0.05) is 6.42 Å². The van der Waals surface area contributed by atoms with Crippen molar-refractivity contribution in [3.63, 3.8) is 0 Å². The van der Waals surface area contributed by atoms with E-state index in [-0.39, 0.29) is 29.9 Å². The number of amides is 2. The van der Waals surface area contributed by atoms with Crippen LogP contribution in [0.1, 0.15) is 39.7 Å². The van der Waals surface area contributed by atoms with Crippen molar-refractivity contribution in [1.82, 2.24) is 10.6 Å². The third kappa shape index (κ3) is 7.07. The molecule has 2 amide bonds. The molecule has 1 unspecified atom stereocenters. The number of carbonyl (C=O) groups excluding carboxylic acids is 2. The van der Waals surface area contributed by atoms with Gasteiger partial charge in [-0.25, -0.2) is 4.79 Å². The van der Waals surface area contributed by atoms with Gasteiger partial charge in [-0.3, -0.25) is 9.59 Å². The van der Waals surface area contributed by atoms with E-state index in [1.54, 1.807) is 12.1 Å². The fourth-order valence-electron chi connectivity index (χ4n) is 2.57. The molecule has 0 radical (unpaired) electrons. The lowest BCUT2D eigenvalue weighted by Gasteiger charge is -2.27. The Hall–Kier alpha value is -2.22. The minimum atomic E-state index is -1.18.